The van der Waals surface area contributed by atoms with E-state index in [0.29, 0.717) is 17.7 Å². The lowest BCUT2D eigenvalue weighted by Gasteiger charge is -2.41. The predicted octanol–water partition coefficient (Wildman–Crippen LogP) is 7.23. The van der Waals surface area contributed by atoms with Crippen molar-refractivity contribution in [1.29, 1.82) is 0 Å². The molecule has 1 aliphatic heterocycles. The van der Waals surface area contributed by atoms with E-state index in [0.717, 1.165) is 18.2 Å². The fourth-order valence-corrected chi connectivity index (χ4v) is 4.27. The molecule has 1 atom stereocenters. The van der Waals surface area contributed by atoms with Crippen LogP contribution in [0, 0.1) is 0 Å². The Hall–Kier alpha value is -3.49. The second-order valence-corrected chi connectivity index (χ2v) is 9.65. The van der Waals surface area contributed by atoms with Crippen LogP contribution in [0.2, 0.25) is 0 Å². The highest BCUT2D eigenvalue weighted by Crippen LogP contribution is 3.03. The molecule has 0 saturated heterocycles. The van der Waals surface area contributed by atoms with Crippen molar-refractivity contribution in [3.8, 4) is 17.2 Å². The molecule has 3 aromatic rings. The van der Waals surface area contributed by atoms with Crippen LogP contribution in [0.4, 0.5) is 38.4 Å². The van der Waals surface area contributed by atoms with Crippen molar-refractivity contribution in [2.45, 2.75) is 23.6 Å². The van der Waals surface area contributed by atoms with Gasteiger partial charge in [-0.25, -0.2) is 0 Å². The van der Waals surface area contributed by atoms with Crippen LogP contribution in [-0.2, 0) is 4.79 Å². The number of carbonyl (C=O) groups is 1. The van der Waals surface area contributed by atoms with Gasteiger partial charge in [0.2, 0.25) is 5.91 Å². The van der Waals surface area contributed by atoms with E-state index in [1.807, 2.05) is 0 Å². The molecule has 4 rings (SSSR count). The summed E-state index contributed by atoms with van der Waals surface area (Å²) in [5, 5.41) is 8.78. The van der Waals surface area contributed by atoms with Gasteiger partial charge in [0.25, 0.3) is 0 Å². The van der Waals surface area contributed by atoms with Crippen molar-refractivity contribution in [2.24, 2.45) is 0 Å². The Balaban J connectivity index is 1.79. The number of aromatic nitrogens is 2. The molecule has 1 aliphatic rings. The number of hydrogen-bond donors (Lipinski definition) is 2. The number of aromatic amines is 1. The summed E-state index contributed by atoms with van der Waals surface area (Å²) >= 11 is 0. The molecule has 0 radical (unpaired) electrons. The minimum Gasteiger partial charge on any atom is -0.452 e. The summed E-state index contributed by atoms with van der Waals surface area (Å²) in [4.78, 5) is 9.55. The van der Waals surface area contributed by atoms with Gasteiger partial charge in [-0.15, -0.1) is 13.2 Å². The number of ether oxygens (including phenoxy) is 2. The Bertz CT molecular complexity index is 1280. The highest BCUT2D eigenvalue weighted by molar-refractivity contribution is 8.45. The zero-order valence-corrected chi connectivity index (χ0v) is 17.3. The van der Waals surface area contributed by atoms with Crippen molar-refractivity contribution in [3.05, 3.63) is 59.8 Å². The molecule has 2 aromatic carbocycles. The zero-order valence-electron chi connectivity index (χ0n) is 16.5. The Morgan fingerprint density at radius 2 is 1.68 bits per heavy atom. The van der Waals surface area contributed by atoms with Crippen LogP contribution in [0.15, 0.2) is 53.6 Å². The molecule has 34 heavy (non-hydrogen) atoms. The summed E-state index contributed by atoms with van der Waals surface area (Å²) < 4.78 is 115. The van der Waals surface area contributed by atoms with Gasteiger partial charge in [-0.05, 0) is 29.8 Å². The number of nitrogens with zero attached hydrogens (tertiary/aromatic N) is 1. The summed E-state index contributed by atoms with van der Waals surface area (Å²) in [5.74, 6) is -4.41. The minimum absolute atomic E-state index is 0.0661. The molecule has 0 bridgehead atoms. The number of anilines is 1. The Morgan fingerprint density at radius 1 is 0.971 bits per heavy atom. The number of para-hydroxylation sites is 1. The van der Waals surface area contributed by atoms with E-state index >= 15 is 0 Å². The molecule has 1 unspecified atom stereocenters. The summed E-state index contributed by atoms with van der Waals surface area (Å²) in [7, 11) is -10.2. The van der Waals surface area contributed by atoms with Gasteiger partial charge in [0, 0.05) is 17.9 Å². The van der Waals surface area contributed by atoms with Gasteiger partial charge in [-0.3, -0.25) is 9.89 Å². The van der Waals surface area contributed by atoms with Gasteiger partial charge in [-0.2, -0.15) is 5.10 Å². The van der Waals surface area contributed by atoms with Gasteiger partial charge in [0.1, 0.15) is 16.5 Å². The standard InChI is InChI=1S/C19H13F8N3O3S/c20-19(21,22)33-15-7-10(11-8-17(31)29-18-12(11)9-28-30-18)5-6-13(15)32-14-3-1-2-4-16(14)34(23,24,25,26)27/h1-7,9,11H,8H2,(H2,28,29,30,31). The lowest BCUT2D eigenvalue weighted by molar-refractivity contribution is -0.275. The molecule has 1 aromatic heterocycles. The lowest BCUT2D eigenvalue weighted by Crippen LogP contribution is -2.23. The first-order chi connectivity index (χ1) is 15.5. The number of rotatable bonds is 5. The van der Waals surface area contributed by atoms with E-state index in [1.165, 1.54) is 12.3 Å². The van der Waals surface area contributed by atoms with E-state index in [4.69, 9.17) is 4.74 Å². The van der Waals surface area contributed by atoms with E-state index < -0.39 is 50.6 Å². The largest absolute Gasteiger partial charge is 0.573 e. The maximum atomic E-state index is 13.4. The highest BCUT2D eigenvalue weighted by atomic mass is 32.5. The molecule has 0 aliphatic carbocycles. The number of halogens is 8. The molecule has 6 nitrogen and oxygen atoms in total. The van der Waals surface area contributed by atoms with Crippen LogP contribution in [0.1, 0.15) is 23.5 Å². The molecule has 2 N–H and O–H groups in total. The number of amides is 1. The average Bonchev–Trinajstić information content (AvgIpc) is 3.14. The molecular formula is C19H13F8N3O3S. The number of nitrogens with one attached hydrogen (secondary N) is 2. The van der Waals surface area contributed by atoms with Gasteiger partial charge >= 0.3 is 16.6 Å². The van der Waals surface area contributed by atoms with E-state index in [9.17, 15) is 37.4 Å². The fraction of sp³-hybridized carbons (Fsp3) is 0.158. The first-order valence-electron chi connectivity index (χ1n) is 9.24. The van der Waals surface area contributed by atoms with Gasteiger partial charge in [0.05, 0.1) is 6.20 Å². The minimum atomic E-state index is -10.2. The smallest absolute Gasteiger partial charge is 0.452 e. The third kappa shape index (κ3) is 5.03. The molecular weight excluding hydrogens is 502 g/mol. The molecule has 0 saturated carbocycles. The topological polar surface area (TPSA) is 76.2 Å². The maximum Gasteiger partial charge on any atom is 0.573 e. The lowest BCUT2D eigenvalue weighted by atomic mass is 9.87. The summed E-state index contributed by atoms with van der Waals surface area (Å²) in [5.41, 5.74) is 0.558. The van der Waals surface area contributed by atoms with Gasteiger partial charge in [0.15, 0.2) is 11.5 Å². The Labute approximate surface area is 185 Å². The van der Waals surface area contributed by atoms with Crippen LogP contribution in [-0.4, -0.2) is 22.5 Å². The third-order valence-corrected chi connectivity index (χ3v) is 5.95. The SMILES string of the molecule is O=C1CC(c2ccc(Oc3ccccc3S(F)(F)(F)(F)F)c(OC(F)(F)F)c2)c2cn[nH]c2N1. The first-order valence-corrected chi connectivity index (χ1v) is 11.2. The number of H-pyrrole nitrogens is 1. The van der Waals surface area contributed by atoms with Crippen LogP contribution in [0.3, 0.4) is 0 Å². The van der Waals surface area contributed by atoms with Crippen molar-refractivity contribution in [2.75, 3.05) is 5.32 Å². The van der Waals surface area contributed by atoms with E-state index in [-0.39, 0.29) is 23.9 Å². The number of fused-ring (bicyclic) bond motifs is 1. The first kappa shape index (κ1) is 23.7. The van der Waals surface area contributed by atoms with Crippen molar-refractivity contribution in [1.82, 2.24) is 10.2 Å². The molecule has 1 amide bonds. The molecule has 2 heterocycles. The third-order valence-electron chi connectivity index (χ3n) is 4.78. The quantitative estimate of drug-likeness (QED) is 0.352. The molecule has 0 fully saturated rings. The molecule has 184 valence electrons. The number of hydrogen-bond acceptors (Lipinski definition) is 4. The normalized spacial score (nSPS) is 18.4. The molecule has 15 heteroatoms. The number of carbonyl (C=O) groups excluding carboxylic acids is 1. The average molecular weight is 515 g/mol. The van der Waals surface area contributed by atoms with E-state index in [2.05, 4.69) is 20.3 Å². The number of benzene rings is 2. The predicted molar refractivity (Wildman–Crippen MR) is 105 cm³/mol. The van der Waals surface area contributed by atoms with Crippen LogP contribution in [0.25, 0.3) is 0 Å². The summed E-state index contributed by atoms with van der Waals surface area (Å²) in [6.07, 6.45) is -4.12. The van der Waals surface area contributed by atoms with Gasteiger partial charge in [-0.1, -0.05) is 37.6 Å². The van der Waals surface area contributed by atoms with E-state index in [1.54, 1.807) is 0 Å². The Kier molecular flexibility index (Phi) is 4.88. The van der Waals surface area contributed by atoms with Gasteiger partial charge < -0.3 is 14.8 Å². The zero-order chi connectivity index (χ0) is 25.0. The number of alkyl halides is 3. The second kappa shape index (κ2) is 7.01. The van der Waals surface area contributed by atoms with Crippen LogP contribution in [0.5, 0.6) is 17.2 Å². The van der Waals surface area contributed by atoms with Crippen LogP contribution >= 0.6 is 10.2 Å². The Morgan fingerprint density at radius 3 is 2.35 bits per heavy atom. The fourth-order valence-electron chi connectivity index (χ4n) is 3.44. The van der Waals surface area contributed by atoms with Crippen LogP contribution < -0.4 is 14.8 Å². The molecule has 0 spiro atoms. The van der Waals surface area contributed by atoms with Crippen molar-refractivity contribution in [3.63, 3.8) is 0 Å². The second-order valence-electron chi connectivity index (χ2n) is 7.28. The summed E-state index contributed by atoms with van der Waals surface area (Å²) in [6, 6.07) is 5.07. The highest BCUT2D eigenvalue weighted by Gasteiger charge is 2.67. The van der Waals surface area contributed by atoms with Crippen molar-refractivity contribution >= 4 is 21.9 Å². The summed E-state index contributed by atoms with van der Waals surface area (Å²) in [6.45, 7) is 0. The van der Waals surface area contributed by atoms with Crippen molar-refractivity contribution < 1.29 is 46.9 Å². The maximum absolute atomic E-state index is 13.4. The monoisotopic (exact) mass is 515 g/mol.